The minimum Gasteiger partial charge on any atom is -0.450 e. The van der Waals surface area contributed by atoms with Crippen LogP contribution in [0.15, 0.2) is 36.4 Å². The molecule has 7 rings (SSSR count). The van der Waals surface area contributed by atoms with Crippen molar-refractivity contribution in [2.75, 3.05) is 63.5 Å². The fraction of sp³-hybridized carbons (Fsp3) is 0.600. The van der Waals surface area contributed by atoms with Crippen LogP contribution < -0.4 is 11.1 Å². The molecule has 3 N–H and O–H groups in total. The average molecular weight is 818 g/mol. The lowest BCUT2D eigenvalue weighted by Gasteiger charge is -2.49. The summed E-state index contributed by atoms with van der Waals surface area (Å²) in [6.07, 6.45) is -2.56. The van der Waals surface area contributed by atoms with Crippen molar-refractivity contribution in [2.45, 2.75) is 101 Å². The van der Waals surface area contributed by atoms with Crippen LogP contribution in [0.25, 0.3) is 0 Å². The number of anilines is 2. The standard InChI is InChI=1S/C40H51ClF3N7O6/c1-3-56-38(55)51-28-8-12-39(51,2)24-29(23-28)47-16-18-48(19-17-47)35(52)33(22-25-20-30(40(42,43)44)34(45)31(41)21-25)57-37(54)49-13-10-27(11-14-49)50-15-9-26-6-4-5-7-32(26)46-36(50)53/h4-7,20-21,27-29,33H,3,8-19,22-24,45H2,1-2H3,(H,46,53). The van der Waals surface area contributed by atoms with Gasteiger partial charge in [0.2, 0.25) is 0 Å². The van der Waals surface area contributed by atoms with E-state index in [1.54, 1.807) is 16.7 Å². The van der Waals surface area contributed by atoms with Gasteiger partial charge < -0.3 is 35.2 Å². The van der Waals surface area contributed by atoms with Gasteiger partial charge in [-0.25, -0.2) is 14.4 Å². The number of benzene rings is 2. The molecule has 2 bridgehead atoms. The molecule has 310 valence electrons. The van der Waals surface area contributed by atoms with Crippen LogP contribution in [-0.4, -0.2) is 131 Å². The number of urea groups is 1. The van der Waals surface area contributed by atoms with Gasteiger partial charge in [-0.2, -0.15) is 13.2 Å². The van der Waals surface area contributed by atoms with E-state index in [1.165, 1.54) is 11.0 Å². The molecule has 4 fully saturated rings. The van der Waals surface area contributed by atoms with Gasteiger partial charge in [-0.15, -0.1) is 0 Å². The number of carbonyl (C=O) groups excluding carboxylic acids is 4. The molecule has 5 aliphatic rings. The summed E-state index contributed by atoms with van der Waals surface area (Å²) in [5.41, 5.74) is 5.51. The highest BCUT2D eigenvalue weighted by Crippen LogP contribution is 2.46. The fourth-order valence-corrected chi connectivity index (χ4v) is 9.80. The molecule has 5 aliphatic heterocycles. The van der Waals surface area contributed by atoms with Gasteiger partial charge in [0.25, 0.3) is 5.91 Å². The largest absolute Gasteiger partial charge is 0.450 e. The Morgan fingerprint density at radius 2 is 1.68 bits per heavy atom. The summed E-state index contributed by atoms with van der Waals surface area (Å²) in [7, 11) is 0. The van der Waals surface area contributed by atoms with Crippen molar-refractivity contribution >= 4 is 47.1 Å². The van der Waals surface area contributed by atoms with Gasteiger partial charge in [-0.3, -0.25) is 14.6 Å². The van der Waals surface area contributed by atoms with Crippen LogP contribution in [0, 0.1) is 0 Å². The number of para-hydroxylation sites is 1. The second kappa shape index (κ2) is 16.4. The number of carbonyl (C=O) groups is 4. The van der Waals surface area contributed by atoms with Crippen molar-refractivity contribution in [3.05, 3.63) is 58.1 Å². The van der Waals surface area contributed by atoms with Gasteiger partial charge in [0.05, 0.1) is 22.9 Å². The number of fused-ring (bicyclic) bond motifs is 3. The molecule has 57 heavy (non-hydrogen) atoms. The van der Waals surface area contributed by atoms with E-state index in [4.69, 9.17) is 26.8 Å². The van der Waals surface area contributed by atoms with Crippen LogP contribution in [0.4, 0.5) is 38.9 Å². The predicted molar refractivity (Wildman–Crippen MR) is 207 cm³/mol. The third-order valence-corrected chi connectivity index (χ3v) is 12.8. The number of likely N-dealkylation sites (tertiary alicyclic amines) is 1. The highest BCUT2D eigenvalue weighted by Gasteiger charge is 2.53. The Hall–Kier alpha value is -4.44. The maximum absolute atomic E-state index is 14.2. The van der Waals surface area contributed by atoms with Gasteiger partial charge in [0.15, 0.2) is 6.10 Å². The SMILES string of the molecule is CCOC(=O)N1C2CCC1(C)CC(N1CCN(C(=O)C(Cc3cc(Cl)c(N)c(C(F)(F)F)c3)OC(=O)N3CCC(N4CCc5ccccc5NC4=O)CC3)CC1)C2. The van der Waals surface area contributed by atoms with E-state index in [1.807, 2.05) is 29.2 Å². The maximum Gasteiger partial charge on any atom is 0.418 e. The topological polar surface area (TPSA) is 141 Å². The Bertz CT molecular complexity index is 1850. The summed E-state index contributed by atoms with van der Waals surface area (Å²) in [5, 5.41) is 2.67. The average Bonchev–Trinajstić information content (AvgIpc) is 3.28. The molecule has 4 atom stereocenters. The van der Waals surface area contributed by atoms with Gasteiger partial charge in [-0.1, -0.05) is 29.8 Å². The summed E-state index contributed by atoms with van der Waals surface area (Å²) < 4.78 is 53.1. The lowest BCUT2D eigenvalue weighted by molar-refractivity contribution is -0.143. The van der Waals surface area contributed by atoms with Gasteiger partial charge >= 0.3 is 24.4 Å². The van der Waals surface area contributed by atoms with Crippen molar-refractivity contribution in [2.24, 2.45) is 0 Å². The zero-order chi connectivity index (χ0) is 40.6. The predicted octanol–water partition coefficient (Wildman–Crippen LogP) is 6.23. The number of rotatable bonds is 7. The molecule has 0 aliphatic carbocycles. The monoisotopic (exact) mass is 817 g/mol. The van der Waals surface area contributed by atoms with Crippen molar-refractivity contribution in [3.63, 3.8) is 0 Å². The number of nitrogen functional groups attached to an aromatic ring is 1. The van der Waals surface area contributed by atoms with E-state index in [2.05, 4.69) is 17.1 Å². The number of piperidine rings is 2. The lowest BCUT2D eigenvalue weighted by Crippen LogP contribution is -2.61. The summed E-state index contributed by atoms with van der Waals surface area (Å²) in [4.78, 5) is 63.0. The molecule has 4 saturated heterocycles. The molecule has 0 radical (unpaired) electrons. The number of nitrogens with zero attached hydrogens (tertiary/aromatic N) is 5. The number of hydrogen-bond acceptors (Lipinski definition) is 8. The number of ether oxygens (including phenoxy) is 2. The van der Waals surface area contributed by atoms with Crippen molar-refractivity contribution in [1.29, 1.82) is 0 Å². The van der Waals surface area contributed by atoms with E-state index in [-0.39, 0.29) is 65.9 Å². The molecule has 4 unspecified atom stereocenters. The summed E-state index contributed by atoms with van der Waals surface area (Å²) in [5.74, 6) is -0.510. The first-order valence-corrected chi connectivity index (χ1v) is 20.3. The number of hydrogen-bond donors (Lipinski definition) is 2. The number of nitrogens with one attached hydrogen (secondary N) is 1. The van der Waals surface area contributed by atoms with Crippen LogP contribution in [0.3, 0.4) is 0 Å². The number of alkyl halides is 3. The smallest absolute Gasteiger partial charge is 0.418 e. The summed E-state index contributed by atoms with van der Waals surface area (Å²) in [6.45, 7) is 7.03. The quantitative estimate of drug-likeness (QED) is 0.314. The summed E-state index contributed by atoms with van der Waals surface area (Å²) >= 11 is 6.15. The molecule has 5 heterocycles. The molecular formula is C40H51ClF3N7O6. The highest BCUT2D eigenvalue weighted by atomic mass is 35.5. The number of amides is 5. The normalized spacial score (nSPS) is 25.1. The maximum atomic E-state index is 14.2. The Kier molecular flexibility index (Phi) is 11.7. The van der Waals surface area contributed by atoms with E-state index in [0.29, 0.717) is 58.6 Å². The van der Waals surface area contributed by atoms with Crippen LogP contribution in [0.2, 0.25) is 5.02 Å². The molecule has 0 aromatic heterocycles. The zero-order valence-electron chi connectivity index (χ0n) is 32.4. The van der Waals surface area contributed by atoms with Crippen LogP contribution in [0.5, 0.6) is 0 Å². The van der Waals surface area contributed by atoms with Crippen molar-refractivity contribution in [1.82, 2.24) is 24.5 Å². The Morgan fingerprint density at radius 1 is 0.965 bits per heavy atom. The molecule has 17 heteroatoms. The van der Waals surface area contributed by atoms with Crippen molar-refractivity contribution in [3.8, 4) is 0 Å². The van der Waals surface area contributed by atoms with Gasteiger partial charge in [0, 0.05) is 81.6 Å². The van der Waals surface area contributed by atoms with Crippen LogP contribution >= 0.6 is 11.6 Å². The van der Waals surface area contributed by atoms with Gasteiger partial charge in [-0.05, 0) is 88.1 Å². The third-order valence-electron chi connectivity index (χ3n) is 12.5. The number of piperazine rings is 1. The second-order valence-electron chi connectivity index (χ2n) is 16.1. The zero-order valence-corrected chi connectivity index (χ0v) is 33.1. The highest BCUT2D eigenvalue weighted by molar-refractivity contribution is 6.33. The molecule has 2 aromatic rings. The molecule has 13 nitrogen and oxygen atoms in total. The second-order valence-corrected chi connectivity index (χ2v) is 16.5. The van der Waals surface area contributed by atoms with Crippen LogP contribution in [-0.2, 0) is 33.3 Å². The molecule has 0 saturated carbocycles. The molecule has 0 spiro atoms. The van der Waals surface area contributed by atoms with E-state index < -0.39 is 35.5 Å². The Morgan fingerprint density at radius 3 is 2.37 bits per heavy atom. The first kappa shape index (κ1) is 40.7. The summed E-state index contributed by atoms with van der Waals surface area (Å²) in [6, 6.07) is 9.74. The van der Waals surface area contributed by atoms with Crippen molar-refractivity contribution < 1.29 is 41.8 Å². The first-order chi connectivity index (χ1) is 27.1. The minimum absolute atomic E-state index is 0.0512. The van der Waals surface area contributed by atoms with Gasteiger partial charge in [0.1, 0.15) is 0 Å². The number of nitrogens with two attached hydrogens (primary N) is 1. The molecule has 2 aromatic carbocycles. The number of halogens is 4. The third kappa shape index (κ3) is 8.57. The fourth-order valence-electron chi connectivity index (χ4n) is 9.56. The lowest BCUT2D eigenvalue weighted by atomic mass is 9.86. The molecular weight excluding hydrogens is 767 g/mol. The molecule has 5 amide bonds. The van der Waals surface area contributed by atoms with Crippen LogP contribution in [0.1, 0.15) is 69.1 Å². The first-order valence-electron chi connectivity index (χ1n) is 19.9. The van der Waals surface area contributed by atoms with E-state index in [9.17, 15) is 32.3 Å². The van der Waals surface area contributed by atoms with E-state index in [0.717, 1.165) is 43.0 Å². The Balaban J connectivity index is 1.01. The Labute approximate surface area is 335 Å². The van der Waals surface area contributed by atoms with E-state index >= 15 is 0 Å². The minimum atomic E-state index is -4.79.